The summed E-state index contributed by atoms with van der Waals surface area (Å²) < 4.78 is 13.5. The summed E-state index contributed by atoms with van der Waals surface area (Å²) in [4.78, 5) is 27.5. The highest BCUT2D eigenvalue weighted by molar-refractivity contribution is 6.28. The molecule has 1 amide bonds. The van der Waals surface area contributed by atoms with E-state index in [0.717, 1.165) is 53.7 Å². The van der Waals surface area contributed by atoms with Gasteiger partial charge in [-0.25, -0.2) is 14.8 Å². The molecule has 0 aliphatic carbocycles. The van der Waals surface area contributed by atoms with Gasteiger partial charge in [-0.05, 0) is 76.6 Å². The van der Waals surface area contributed by atoms with Gasteiger partial charge in [0, 0.05) is 49.0 Å². The minimum absolute atomic E-state index is 0.204. The van der Waals surface area contributed by atoms with Crippen LogP contribution >= 0.6 is 11.6 Å². The first-order valence-corrected chi connectivity index (χ1v) is 12.0. The second kappa shape index (κ2) is 9.78. The lowest BCUT2D eigenvalue weighted by Gasteiger charge is -2.34. The number of pyridine rings is 1. The summed E-state index contributed by atoms with van der Waals surface area (Å²) in [5.41, 5.74) is 2.84. The molecule has 1 aliphatic rings. The number of carbonyl (C=O) groups is 1. The first-order valence-electron chi connectivity index (χ1n) is 11.7. The van der Waals surface area contributed by atoms with Gasteiger partial charge in [0.2, 0.25) is 11.2 Å². The quantitative estimate of drug-likeness (QED) is 0.449. The molecule has 8 nitrogen and oxygen atoms in total. The van der Waals surface area contributed by atoms with Gasteiger partial charge in [-0.2, -0.15) is 4.98 Å². The Morgan fingerprint density at radius 1 is 1.29 bits per heavy atom. The number of fused-ring (bicyclic) bond motifs is 1. The van der Waals surface area contributed by atoms with Crippen LogP contribution in [0, 0.1) is 12.8 Å². The van der Waals surface area contributed by atoms with Gasteiger partial charge < -0.3 is 18.9 Å². The summed E-state index contributed by atoms with van der Waals surface area (Å²) in [6.45, 7) is 9.64. The zero-order valence-electron chi connectivity index (χ0n) is 20.5. The molecule has 0 saturated carbocycles. The van der Waals surface area contributed by atoms with Crippen LogP contribution in [0.2, 0.25) is 5.28 Å². The third-order valence-corrected chi connectivity index (χ3v) is 6.11. The smallest absolute Gasteiger partial charge is 0.410 e. The van der Waals surface area contributed by atoms with E-state index in [1.165, 1.54) is 0 Å². The van der Waals surface area contributed by atoms with Crippen LogP contribution in [0.15, 0.2) is 24.5 Å². The zero-order chi connectivity index (χ0) is 24.5. The lowest BCUT2D eigenvalue weighted by molar-refractivity contribution is 0.0154. The third kappa shape index (κ3) is 5.60. The van der Waals surface area contributed by atoms with E-state index in [1.807, 2.05) is 62.5 Å². The van der Waals surface area contributed by atoms with Crippen LogP contribution in [0.5, 0.6) is 5.88 Å². The van der Waals surface area contributed by atoms with Gasteiger partial charge in [-0.1, -0.05) is 0 Å². The molecule has 1 aliphatic heterocycles. The number of rotatable bonds is 5. The fourth-order valence-electron chi connectivity index (χ4n) is 4.29. The van der Waals surface area contributed by atoms with E-state index < -0.39 is 5.60 Å². The molecule has 0 bridgehead atoms. The first-order chi connectivity index (χ1) is 16.1. The number of piperidine rings is 1. The Morgan fingerprint density at radius 2 is 2.09 bits per heavy atom. The summed E-state index contributed by atoms with van der Waals surface area (Å²) in [6.07, 6.45) is 6.38. The molecule has 0 N–H and O–H groups in total. The minimum atomic E-state index is -0.480. The third-order valence-electron chi connectivity index (χ3n) is 5.94. The molecule has 1 atom stereocenters. The van der Waals surface area contributed by atoms with Crippen molar-refractivity contribution in [2.45, 2.75) is 52.6 Å². The molecule has 1 fully saturated rings. The number of halogens is 1. The van der Waals surface area contributed by atoms with Gasteiger partial charge >= 0.3 is 6.09 Å². The Bertz CT molecular complexity index is 1190. The van der Waals surface area contributed by atoms with Crippen molar-refractivity contribution in [2.75, 3.05) is 19.7 Å². The second-order valence-electron chi connectivity index (χ2n) is 9.92. The summed E-state index contributed by atoms with van der Waals surface area (Å²) in [5.74, 6) is 0.989. The van der Waals surface area contributed by atoms with Crippen LogP contribution in [-0.2, 0) is 11.8 Å². The van der Waals surface area contributed by atoms with Gasteiger partial charge in [0.1, 0.15) is 11.2 Å². The predicted molar refractivity (Wildman–Crippen MR) is 132 cm³/mol. The summed E-state index contributed by atoms with van der Waals surface area (Å²) in [6, 6.07) is 3.99. The maximum Gasteiger partial charge on any atom is 0.410 e. The topological polar surface area (TPSA) is 82.4 Å². The standard InChI is InChI=1S/C25H32ClN5O3/c1-16-13-18(20-19-8-11-30(5)21(19)29-23(26)28-20)14-27-22(16)33-12-9-17-7-6-10-31(15-17)24(32)34-25(2,3)4/h8,11,13-14,17H,6-7,9-10,12,15H2,1-5H3. The molecule has 1 unspecified atom stereocenters. The minimum Gasteiger partial charge on any atom is -0.477 e. The van der Waals surface area contributed by atoms with Crippen molar-refractivity contribution in [3.63, 3.8) is 0 Å². The van der Waals surface area contributed by atoms with Crippen LogP contribution in [0.25, 0.3) is 22.3 Å². The number of aryl methyl sites for hydroxylation is 2. The maximum absolute atomic E-state index is 12.4. The first kappa shape index (κ1) is 24.3. The lowest BCUT2D eigenvalue weighted by atomic mass is 9.95. The maximum atomic E-state index is 12.4. The number of carbonyl (C=O) groups excluding carboxylic acids is 1. The van der Waals surface area contributed by atoms with Crippen LogP contribution in [0.3, 0.4) is 0 Å². The highest BCUT2D eigenvalue weighted by Crippen LogP contribution is 2.30. The Balaban J connectivity index is 1.37. The number of hydrogen-bond donors (Lipinski definition) is 0. The molecule has 182 valence electrons. The van der Waals surface area contributed by atoms with Gasteiger partial charge in [0.05, 0.1) is 12.3 Å². The normalized spacial score (nSPS) is 16.6. The molecule has 0 aromatic carbocycles. The average molecular weight is 486 g/mol. The van der Waals surface area contributed by atoms with Crippen LogP contribution in [-0.4, -0.2) is 55.8 Å². The Kier molecular flexibility index (Phi) is 6.98. The largest absolute Gasteiger partial charge is 0.477 e. The summed E-state index contributed by atoms with van der Waals surface area (Å²) in [7, 11) is 1.93. The fraction of sp³-hybridized carbons (Fsp3) is 0.520. The summed E-state index contributed by atoms with van der Waals surface area (Å²) >= 11 is 6.16. The van der Waals surface area contributed by atoms with E-state index in [1.54, 1.807) is 6.20 Å². The van der Waals surface area contributed by atoms with E-state index in [9.17, 15) is 4.79 Å². The van der Waals surface area contributed by atoms with Gasteiger partial charge in [-0.3, -0.25) is 0 Å². The van der Waals surface area contributed by atoms with E-state index in [2.05, 4.69) is 15.0 Å². The molecule has 0 spiro atoms. The zero-order valence-corrected chi connectivity index (χ0v) is 21.2. The summed E-state index contributed by atoms with van der Waals surface area (Å²) in [5, 5.41) is 1.13. The van der Waals surface area contributed by atoms with Crippen LogP contribution in [0.1, 0.15) is 45.6 Å². The molecule has 3 aromatic heterocycles. The van der Waals surface area contributed by atoms with Crippen molar-refractivity contribution in [1.29, 1.82) is 0 Å². The predicted octanol–water partition coefficient (Wildman–Crippen LogP) is 5.41. The molecular weight excluding hydrogens is 454 g/mol. The highest BCUT2D eigenvalue weighted by atomic mass is 35.5. The second-order valence-corrected chi connectivity index (χ2v) is 10.3. The average Bonchev–Trinajstić information content (AvgIpc) is 3.14. The molecule has 3 aromatic rings. The number of nitrogens with zero attached hydrogens (tertiary/aromatic N) is 5. The Hall–Kier alpha value is -2.87. The van der Waals surface area contributed by atoms with Gasteiger partial charge in [-0.15, -0.1) is 0 Å². The van der Waals surface area contributed by atoms with Crippen molar-refractivity contribution in [1.82, 2.24) is 24.4 Å². The molecule has 4 rings (SSSR count). The Morgan fingerprint density at radius 3 is 2.82 bits per heavy atom. The monoisotopic (exact) mass is 485 g/mol. The Labute approximate surface area is 205 Å². The van der Waals surface area contributed by atoms with Crippen molar-refractivity contribution >= 4 is 28.7 Å². The number of amides is 1. The molecule has 0 radical (unpaired) electrons. The number of aromatic nitrogens is 4. The fourth-order valence-corrected chi connectivity index (χ4v) is 4.45. The van der Waals surface area contributed by atoms with Crippen LogP contribution < -0.4 is 4.74 Å². The van der Waals surface area contributed by atoms with E-state index in [0.29, 0.717) is 24.9 Å². The van der Waals surface area contributed by atoms with Crippen molar-refractivity contribution in [3.05, 3.63) is 35.4 Å². The number of likely N-dealkylation sites (tertiary alicyclic amines) is 1. The van der Waals surface area contributed by atoms with E-state index >= 15 is 0 Å². The highest BCUT2D eigenvalue weighted by Gasteiger charge is 2.27. The van der Waals surface area contributed by atoms with Crippen molar-refractivity contribution in [2.24, 2.45) is 13.0 Å². The molecule has 34 heavy (non-hydrogen) atoms. The van der Waals surface area contributed by atoms with Crippen LogP contribution in [0.4, 0.5) is 4.79 Å². The molecular formula is C25H32ClN5O3. The lowest BCUT2D eigenvalue weighted by Crippen LogP contribution is -2.43. The van der Waals surface area contributed by atoms with E-state index in [4.69, 9.17) is 21.1 Å². The van der Waals surface area contributed by atoms with Gasteiger partial charge in [0.15, 0.2) is 0 Å². The SMILES string of the molecule is Cc1cc(-c2nc(Cl)nc3c2ccn3C)cnc1OCCC1CCCN(C(=O)OC(C)(C)C)C1. The molecule has 9 heteroatoms. The molecule has 1 saturated heterocycles. The molecule has 4 heterocycles. The van der Waals surface area contributed by atoms with E-state index in [-0.39, 0.29) is 11.4 Å². The van der Waals surface area contributed by atoms with Crippen molar-refractivity contribution in [3.8, 4) is 17.1 Å². The van der Waals surface area contributed by atoms with Crippen molar-refractivity contribution < 1.29 is 14.3 Å². The number of ether oxygens (including phenoxy) is 2. The van der Waals surface area contributed by atoms with Gasteiger partial charge in [0.25, 0.3) is 0 Å². The number of hydrogen-bond acceptors (Lipinski definition) is 6.